The minimum absolute atomic E-state index is 0.0212. The van der Waals surface area contributed by atoms with Crippen LogP contribution in [0.2, 0.25) is 0 Å². The maximum Gasteiger partial charge on any atom is 0.285 e. The Morgan fingerprint density at radius 1 is 1.33 bits per heavy atom. The number of rotatable bonds is 3. The summed E-state index contributed by atoms with van der Waals surface area (Å²) in [4.78, 5) is 23.6. The quantitative estimate of drug-likeness (QED) is 0.680. The molecule has 0 atom stereocenters. The van der Waals surface area contributed by atoms with Crippen LogP contribution in [0.1, 0.15) is 23.2 Å². The number of aliphatic hydroxyl groups excluding tert-OH is 1. The predicted octanol–water partition coefficient (Wildman–Crippen LogP) is 1.72. The number of aliphatic hydroxyl groups is 1. The van der Waals surface area contributed by atoms with Crippen LogP contribution in [0, 0.1) is 27.7 Å². The third-order valence-electron chi connectivity index (χ3n) is 3.63. The topological polar surface area (TPSA) is 83.7 Å². The monoisotopic (exact) mass is 300 g/mol. The summed E-state index contributed by atoms with van der Waals surface area (Å²) in [6.07, 6.45) is 1.14. The lowest BCUT2D eigenvalue weighted by Crippen LogP contribution is -2.39. The smallest absolute Gasteiger partial charge is 0.285 e. The maximum absolute atomic E-state index is 13.3. The molecule has 0 spiro atoms. The van der Waals surface area contributed by atoms with E-state index in [1.54, 1.807) is 0 Å². The number of halogens is 2. The van der Waals surface area contributed by atoms with E-state index in [-0.39, 0.29) is 12.5 Å². The Morgan fingerprint density at radius 2 is 1.90 bits per heavy atom. The number of likely N-dealkylation sites (tertiary alicyclic amines) is 1. The molecule has 0 radical (unpaired) electrons. The number of carbonyl (C=O) groups excluding carboxylic acids is 1. The van der Waals surface area contributed by atoms with Crippen molar-refractivity contribution in [3.8, 4) is 0 Å². The summed E-state index contributed by atoms with van der Waals surface area (Å²) in [5.41, 5.74) is -1.20. The maximum atomic E-state index is 13.3. The van der Waals surface area contributed by atoms with Crippen molar-refractivity contribution in [3.63, 3.8) is 0 Å². The molecule has 1 aromatic carbocycles. The van der Waals surface area contributed by atoms with Crippen molar-refractivity contribution >= 4 is 11.6 Å². The van der Waals surface area contributed by atoms with E-state index in [2.05, 4.69) is 0 Å². The van der Waals surface area contributed by atoms with Crippen LogP contribution >= 0.6 is 0 Å². The van der Waals surface area contributed by atoms with Gasteiger partial charge in [-0.15, -0.1) is 0 Å². The zero-order valence-corrected chi connectivity index (χ0v) is 11.1. The second-order valence-corrected chi connectivity index (χ2v) is 4.96. The lowest BCUT2D eigenvalue weighted by molar-refractivity contribution is -0.385. The van der Waals surface area contributed by atoms with E-state index >= 15 is 0 Å². The highest BCUT2D eigenvalue weighted by Gasteiger charge is 2.29. The second-order valence-electron chi connectivity index (χ2n) is 4.96. The molecule has 0 bridgehead atoms. The normalized spacial score (nSPS) is 16.0. The van der Waals surface area contributed by atoms with Gasteiger partial charge in [-0.1, -0.05) is 0 Å². The molecule has 1 aromatic rings. The lowest BCUT2D eigenvalue weighted by atomic mass is 9.97. The van der Waals surface area contributed by atoms with E-state index in [1.807, 2.05) is 0 Å². The predicted molar refractivity (Wildman–Crippen MR) is 68.7 cm³/mol. The van der Waals surface area contributed by atoms with Crippen molar-refractivity contribution < 1.29 is 23.6 Å². The summed E-state index contributed by atoms with van der Waals surface area (Å²) in [5.74, 6) is -3.27. The zero-order chi connectivity index (χ0) is 15.6. The molecule has 1 fully saturated rings. The number of hydrogen-bond donors (Lipinski definition) is 1. The average molecular weight is 300 g/mol. The molecule has 1 aliphatic rings. The van der Waals surface area contributed by atoms with Crippen molar-refractivity contribution in [1.82, 2.24) is 4.90 Å². The molecule has 21 heavy (non-hydrogen) atoms. The van der Waals surface area contributed by atoms with Gasteiger partial charge in [0.15, 0.2) is 11.6 Å². The Hall–Kier alpha value is -2.09. The molecule has 0 unspecified atom stereocenters. The molecule has 6 nitrogen and oxygen atoms in total. The molecule has 0 aliphatic carbocycles. The molecule has 0 aromatic heterocycles. The van der Waals surface area contributed by atoms with Crippen LogP contribution in [0.4, 0.5) is 14.5 Å². The molecule has 1 saturated heterocycles. The summed E-state index contributed by atoms with van der Waals surface area (Å²) in [7, 11) is 0. The highest BCUT2D eigenvalue weighted by molar-refractivity contribution is 5.98. The van der Waals surface area contributed by atoms with Crippen LogP contribution in [0.25, 0.3) is 0 Å². The molecule has 114 valence electrons. The summed E-state index contributed by atoms with van der Waals surface area (Å²) in [5, 5.41) is 19.9. The number of hydrogen-bond acceptors (Lipinski definition) is 4. The summed E-state index contributed by atoms with van der Waals surface area (Å²) in [6, 6.07) is 0.983. The zero-order valence-electron chi connectivity index (χ0n) is 11.1. The summed E-state index contributed by atoms with van der Waals surface area (Å²) in [6.45, 7) is 0.660. The number of piperidine rings is 1. The first kappa shape index (κ1) is 15.3. The van der Waals surface area contributed by atoms with E-state index in [4.69, 9.17) is 5.11 Å². The van der Waals surface area contributed by atoms with Crippen molar-refractivity contribution in [1.29, 1.82) is 0 Å². The van der Waals surface area contributed by atoms with Crippen LogP contribution in [0.15, 0.2) is 12.1 Å². The summed E-state index contributed by atoms with van der Waals surface area (Å²) >= 11 is 0. The van der Waals surface area contributed by atoms with Crippen LogP contribution in [-0.4, -0.2) is 40.5 Å². The van der Waals surface area contributed by atoms with Crippen molar-refractivity contribution in [2.24, 2.45) is 5.92 Å². The molecule has 2 rings (SSSR count). The first-order chi connectivity index (χ1) is 9.93. The van der Waals surface area contributed by atoms with Gasteiger partial charge in [0.1, 0.15) is 5.56 Å². The number of nitro benzene ring substituents is 1. The van der Waals surface area contributed by atoms with E-state index in [9.17, 15) is 23.7 Å². The largest absolute Gasteiger partial charge is 0.396 e. The number of carbonyl (C=O) groups is 1. The number of nitro groups is 1. The molecule has 1 aliphatic heterocycles. The Kier molecular flexibility index (Phi) is 4.46. The third-order valence-corrected chi connectivity index (χ3v) is 3.63. The van der Waals surface area contributed by atoms with E-state index in [0.717, 1.165) is 0 Å². The molecule has 0 saturated carbocycles. The standard InChI is InChI=1S/C13H14F2N2O4/c14-10-5-9(12(17(20)21)6-11(10)15)13(19)16-3-1-8(7-18)2-4-16/h5-6,8,18H,1-4,7H2. The highest BCUT2D eigenvalue weighted by Crippen LogP contribution is 2.26. The van der Waals surface area contributed by atoms with Gasteiger partial charge < -0.3 is 10.0 Å². The highest BCUT2D eigenvalue weighted by atomic mass is 19.2. The first-order valence-corrected chi connectivity index (χ1v) is 6.47. The molecular weight excluding hydrogens is 286 g/mol. The molecule has 1 heterocycles. The number of nitrogens with zero attached hydrogens (tertiary/aromatic N) is 2. The van der Waals surface area contributed by atoms with Gasteiger partial charge in [-0.25, -0.2) is 8.78 Å². The molecular formula is C13H14F2N2O4. The third kappa shape index (κ3) is 3.15. The van der Waals surface area contributed by atoms with Gasteiger partial charge in [0.05, 0.1) is 11.0 Å². The fraction of sp³-hybridized carbons (Fsp3) is 0.462. The fourth-order valence-electron chi connectivity index (χ4n) is 2.35. The second kappa shape index (κ2) is 6.13. The Bertz CT molecular complexity index is 572. The average Bonchev–Trinajstić information content (AvgIpc) is 2.48. The van der Waals surface area contributed by atoms with Gasteiger partial charge in [-0.05, 0) is 24.8 Å². The van der Waals surface area contributed by atoms with Gasteiger partial charge in [-0.2, -0.15) is 0 Å². The number of amides is 1. The molecule has 1 N–H and O–H groups in total. The van der Waals surface area contributed by atoms with Crippen LogP contribution in [0.5, 0.6) is 0 Å². The van der Waals surface area contributed by atoms with E-state index < -0.39 is 33.7 Å². The SMILES string of the molecule is O=C(c1cc(F)c(F)cc1[N+](=O)[O-])N1CCC(CO)CC1. The van der Waals surface area contributed by atoms with Crippen molar-refractivity contribution in [2.45, 2.75) is 12.8 Å². The van der Waals surface area contributed by atoms with Gasteiger partial charge in [0.2, 0.25) is 0 Å². The van der Waals surface area contributed by atoms with E-state index in [1.165, 1.54) is 4.90 Å². The van der Waals surface area contributed by atoms with Crippen molar-refractivity contribution in [3.05, 3.63) is 39.4 Å². The first-order valence-electron chi connectivity index (χ1n) is 6.47. The van der Waals surface area contributed by atoms with Gasteiger partial charge in [0.25, 0.3) is 11.6 Å². The van der Waals surface area contributed by atoms with Crippen LogP contribution in [0.3, 0.4) is 0 Å². The van der Waals surface area contributed by atoms with Gasteiger partial charge >= 0.3 is 0 Å². The molecule has 1 amide bonds. The number of benzene rings is 1. The molecule has 8 heteroatoms. The lowest BCUT2D eigenvalue weighted by Gasteiger charge is -2.31. The Labute approximate surface area is 119 Å². The van der Waals surface area contributed by atoms with Crippen LogP contribution in [-0.2, 0) is 0 Å². The van der Waals surface area contributed by atoms with Gasteiger partial charge in [0, 0.05) is 19.7 Å². The van der Waals surface area contributed by atoms with Crippen LogP contribution < -0.4 is 0 Å². The van der Waals surface area contributed by atoms with E-state index in [0.29, 0.717) is 38.1 Å². The van der Waals surface area contributed by atoms with Gasteiger partial charge in [-0.3, -0.25) is 14.9 Å². The summed E-state index contributed by atoms with van der Waals surface area (Å²) < 4.78 is 26.4. The van der Waals surface area contributed by atoms with Crippen molar-refractivity contribution in [2.75, 3.05) is 19.7 Å². The fourth-order valence-corrected chi connectivity index (χ4v) is 2.35. The minimum atomic E-state index is -1.36. The Balaban J connectivity index is 2.27. The Morgan fingerprint density at radius 3 is 2.43 bits per heavy atom. The minimum Gasteiger partial charge on any atom is -0.396 e.